The number of sulfonamides is 1. The van der Waals surface area contributed by atoms with Crippen LogP contribution in [0.2, 0.25) is 0 Å². The Morgan fingerprint density at radius 2 is 2.19 bits per heavy atom. The number of aromatic nitrogens is 1. The molecule has 1 aromatic heterocycles. The second-order valence-electron chi connectivity index (χ2n) is 4.09. The molecule has 0 saturated heterocycles. The van der Waals surface area contributed by atoms with E-state index in [1.807, 2.05) is 0 Å². The van der Waals surface area contributed by atoms with E-state index < -0.39 is 10.0 Å². The van der Waals surface area contributed by atoms with Gasteiger partial charge in [0.1, 0.15) is 4.90 Å². The number of alkyl halides is 1. The van der Waals surface area contributed by atoms with E-state index in [2.05, 4.69) is 20.9 Å². The molecule has 1 atom stereocenters. The fraction of sp³-hybridized carbons (Fsp3) is 0.500. The predicted molar refractivity (Wildman–Crippen MR) is 64.8 cm³/mol. The maximum atomic E-state index is 11.0. The minimum absolute atomic E-state index is 0.0637. The number of nitrogens with zero attached hydrogens (tertiary/aromatic N) is 1. The number of hydrogen-bond donors (Lipinski definition) is 1. The van der Waals surface area contributed by atoms with Crippen LogP contribution in [0.4, 0.5) is 0 Å². The zero-order valence-electron chi connectivity index (χ0n) is 8.64. The van der Waals surface area contributed by atoms with Crippen LogP contribution in [-0.2, 0) is 16.4 Å². The molecular weight excluding hydrogens is 292 g/mol. The van der Waals surface area contributed by atoms with Crippen LogP contribution in [0, 0.1) is 5.92 Å². The van der Waals surface area contributed by atoms with Gasteiger partial charge in [0.05, 0.1) is 0 Å². The van der Waals surface area contributed by atoms with Crippen LogP contribution in [0.15, 0.2) is 23.2 Å². The molecule has 0 bridgehead atoms. The molecule has 0 aromatic carbocycles. The Hall–Kier alpha value is -0.460. The molecule has 1 unspecified atom stereocenters. The van der Waals surface area contributed by atoms with Crippen molar-refractivity contribution < 1.29 is 8.42 Å². The first kappa shape index (κ1) is 12.0. The molecule has 4 nitrogen and oxygen atoms in total. The van der Waals surface area contributed by atoms with Crippen LogP contribution < -0.4 is 5.14 Å². The molecule has 88 valence electrons. The van der Waals surface area contributed by atoms with E-state index >= 15 is 0 Å². The summed E-state index contributed by atoms with van der Waals surface area (Å²) >= 11 is 3.62. The van der Waals surface area contributed by atoms with Gasteiger partial charge in [0.25, 0.3) is 0 Å². The molecule has 2 rings (SSSR count). The number of rotatable bonds is 4. The zero-order chi connectivity index (χ0) is 11.8. The SMILES string of the molecule is NS(=O)(=O)c1ccc(CC(Br)C2CC2)nc1. The minimum atomic E-state index is -3.63. The van der Waals surface area contributed by atoms with Crippen LogP contribution in [-0.4, -0.2) is 18.2 Å². The highest BCUT2D eigenvalue weighted by Gasteiger charge is 2.29. The van der Waals surface area contributed by atoms with E-state index in [4.69, 9.17) is 5.14 Å². The number of nitrogens with two attached hydrogens (primary N) is 1. The quantitative estimate of drug-likeness (QED) is 0.856. The molecular formula is C10H13BrN2O2S. The first-order valence-corrected chi connectivity index (χ1v) is 7.55. The molecule has 0 aliphatic heterocycles. The summed E-state index contributed by atoms with van der Waals surface area (Å²) in [6.07, 6.45) is 4.68. The largest absolute Gasteiger partial charge is 0.260 e. The second kappa shape index (κ2) is 4.43. The Bertz CT molecular complexity index is 468. The maximum absolute atomic E-state index is 11.0. The number of halogens is 1. The summed E-state index contributed by atoms with van der Waals surface area (Å²) in [5.41, 5.74) is 0.890. The van der Waals surface area contributed by atoms with Crippen molar-refractivity contribution in [2.75, 3.05) is 0 Å². The molecule has 1 saturated carbocycles. The number of hydrogen-bond acceptors (Lipinski definition) is 3. The molecule has 16 heavy (non-hydrogen) atoms. The lowest BCUT2D eigenvalue weighted by molar-refractivity contribution is 0.597. The van der Waals surface area contributed by atoms with Crippen molar-refractivity contribution in [2.24, 2.45) is 11.1 Å². The van der Waals surface area contributed by atoms with Gasteiger partial charge in [-0.25, -0.2) is 13.6 Å². The van der Waals surface area contributed by atoms with Crippen LogP contribution in [0.1, 0.15) is 18.5 Å². The molecule has 1 fully saturated rings. The van der Waals surface area contributed by atoms with Gasteiger partial charge >= 0.3 is 0 Å². The molecule has 0 radical (unpaired) electrons. The molecule has 1 aliphatic rings. The van der Waals surface area contributed by atoms with Crippen molar-refractivity contribution in [3.05, 3.63) is 24.0 Å². The zero-order valence-corrected chi connectivity index (χ0v) is 11.0. The van der Waals surface area contributed by atoms with E-state index in [-0.39, 0.29) is 4.90 Å². The lowest BCUT2D eigenvalue weighted by Crippen LogP contribution is -2.13. The number of primary sulfonamides is 1. The fourth-order valence-corrected chi connectivity index (χ4v) is 2.84. The summed E-state index contributed by atoms with van der Waals surface area (Å²) < 4.78 is 22.0. The second-order valence-corrected chi connectivity index (χ2v) is 6.83. The monoisotopic (exact) mass is 304 g/mol. The lowest BCUT2D eigenvalue weighted by atomic mass is 10.1. The highest BCUT2D eigenvalue weighted by molar-refractivity contribution is 9.09. The van der Waals surface area contributed by atoms with Gasteiger partial charge in [0.15, 0.2) is 0 Å². The maximum Gasteiger partial charge on any atom is 0.239 e. The summed E-state index contributed by atoms with van der Waals surface area (Å²) in [6.45, 7) is 0. The van der Waals surface area contributed by atoms with Crippen molar-refractivity contribution in [1.29, 1.82) is 0 Å². The molecule has 0 amide bonds. The third kappa shape index (κ3) is 3.02. The van der Waals surface area contributed by atoms with E-state index in [1.165, 1.54) is 25.1 Å². The first-order chi connectivity index (χ1) is 7.47. The molecule has 0 spiro atoms. The summed E-state index contributed by atoms with van der Waals surface area (Å²) in [4.78, 5) is 4.61. The third-order valence-electron chi connectivity index (χ3n) is 2.66. The molecule has 1 aromatic rings. The smallest absolute Gasteiger partial charge is 0.239 e. The normalized spacial score (nSPS) is 18.4. The van der Waals surface area contributed by atoms with Gasteiger partial charge in [-0.05, 0) is 30.9 Å². The molecule has 1 heterocycles. The summed E-state index contributed by atoms with van der Waals surface area (Å²) in [5.74, 6) is 0.750. The van der Waals surface area contributed by atoms with Gasteiger partial charge in [-0.2, -0.15) is 0 Å². The lowest BCUT2D eigenvalue weighted by Gasteiger charge is -2.07. The van der Waals surface area contributed by atoms with E-state index in [1.54, 1.807) is 6.07 Å². The van der Waals surface area contributed by atoms with Gasteiger partial charge in [-0.15, -0.1) is 0 Å². The van der Waals surface area contributed by atoms with Crippen LogP contribution in [0.25, 0.3) is 0 Å². The van der Waals surface area contributed by atoms with Crippen molar-refractivity contribution in [3.63, 3.8) is 0 Å². The fourth-order valence-electron chi connectivity index (χ4n) is 1.52. The van der Waals surface area contributed by atoms with E-state index in [0.29, 0.717) is 4.83 Å². The summed E-state index contributed by atoms with van der Waals surface area (Å²) in [7, 11) is -3.63. The standard InChI is InChI=1S/C10H13BrN2O2S/c11-10(7-1-2-7)5-8-3-4-9(6-13-8)16(12,14)15/h3-4,6-7,10H,1-2,5H2,(H2,12,14,15). The first-order valence-electron chi connectivity index (χ1n) is 5.08. The van der Waals surface area contributed by atoms with Crippen LogP contribution in [0.3, 0.4) is 0 Å². The van der Waals surface area contributed by atoms with Crippen molar-refractivity contribution in [1.82, 2.24) is 4.98 Å². The highest BCUT2D eigenvalue weighted by atomic mass is 79.9. The molecule has 6 heteroatoms. The average Bonchev–Trinajstić information content (AvgIpc) is 3.00. The average molecular weight is 305 g/mol. The van der Waals surface area contributed by atoms with Gasteiger partial charge in [-0.3, -0.25) is 4.98 Å². The predicted octanol–water partition coefficient (Wildman–Crippen LogP) is 1.45. The van der Waals surface area contributed by atoms with Crippen molar-refractivity contribution in [3.8, 4) is 0 Å². The van der Waals surface area contributed by atoms with Gasteiger partial charge in [0.2, 0.25) is 10.0 Å². The van der Waals surface area contributed by atoms with E-state index in [9.17, 15) is 8.42 Å². The summed E-state index contributed by atoms with van der Waals surface area (Å²) in [6, 6.07) is 3.22. The van der Waals surface area contributed by atoms with Crippen molar-refractivity contribution >= 4 is 26.0 Å². The van der Waals surface area contributed by atoms with Gasteiger partial charge < -0.3 is 0 Å². The number of pyridine rings is 1. The highest BCUT2D eigenvalue weighted by Crippen LogP contribution is 2.37. The van der Waals surface area contributed by atoms with Crippen LogP contribution in [0.5, 0.6) is 0 Å². The van der Waals surface area contributed by atoms with Crippen LogP contribution >= 0.6 is 15.9 Å². The Morgan fingerprint density at radius 3 is 2.62 bits per heavy atom. The Kier molecular flexibility index (Phi) is 3.32. The van der Waals surface area contributed by atoms with E-state index in [0.717, 1.165) is 18.0 Å². The summed E-state index contributed by atoms with van der Waals surface area (Å²) in [5, 5.41) is 4.99. The Morgan fingerprint density at radius 1 is 1.50 bits per heavy atom. The van der Waals surface area contributed by atoms with Gasteiger partial charge in [0, 0.05) is 23.1 Å². The molecule has 1 aliphatic carbocycles. The van der Waals surface area contributed by atoms with Gasteiger partial charge in [-0.1, -0.05) is 15.9 Å². The third-order valence-corrected chi connectivity index (χ3v) is 4.63. The Labute approximate surface area is 103 Å². The topological polar surface area (TPSA) is 73.1 Å². The minimum Gasteiger partial charge on any atom is -0.260 e. The molecule has 2 N–H and O–H groups in total. The Balaban J connectivity index is 2.07. The van der Waals surface area contributed by atoms with Crippen molar-refractivity contribution in [2.45, 2.75) is 29.0 Å².